The second-order valence-electron chi connectivity index (χ2n) is 2.44. The Morgan fingerprint density at radius 2 is 1.62 bits per heavy atom. The van der Waals surface area contributed by atoms with Crippen LogP contribution in [0.3, 0.4) is 0 Å². The third-order valence-electron chi connectivity index (χ3n) is 1.49. The summed E-state index contributed by atoms with van der Waals surface area (Å²) < 4.78 is 0. The van der Waals surface area contributed by atoms with Gasteiger partial charge < -0.3 is 22.0 Å². The molecule has 7 heteroatoms. The van der Waals surface area contributed by atoms with E-state index in [9.17, 15) is 4.79 Å². The second-order valence-corrected chi connectivity index (χ2v) is 2.44. The molecule has 0 atom stereocenters. The summed E-state index contributed by atoms with van der Waals surface area (Å²) in [6, 6.07) is 9.63. The van der Waals surface area contributed by atoms with E-state index in [0.29, 0.717) is 6.54 Å². The number of carbonyl (C=O) groups is 1. The number of carbonyl (C=O) groups excluding carboxylic acids is 1. The van der Waals surface area contributed by atoms with Crippen molar-refractivity contribution in [2.24, 2.45) is 0 Å². The molecule has 16 heavy (non-hydrogen) atoms. The summed E-state index contributed by atoms with van der Waals surface area (Å²) >= 11 is 0. The first kappa shape index (κ1) is 25.6. The van der Waals surface area contributed by atoms with Gasteiger partial charge in [0.2, 0.25) is 0 Å². The zero-order valence-corrected chi connectivity index (χ0v) is 14.5. The van der Waals surface area contributed by atoms with E-state index in [2.05, 4.69) is 5.32 Å². The van der Waals surface area contributed by atoms with Gasteiger partial charge in [-0.25, -0.2) is 0 Å². The van der Waals surface area contributed by atoms with Crippen molar-refractivity contribution in [3.8, 4) is 0 Å². The first-order chi connectivity index (χ1) is 5.83. The minimum absolute atomic E-state index is 0. The summed E-state index contributed by atoms with van der Waals surface area (Å²) in [5, 5.41) is 2.62. The topological polar surface area (TPSA) is 116 Å². The minimum atomic E-state index is -0.237. The normalized spacial score (nSPS) is 7.06. The fourth-order valence-corrected chi connectivity index (χ4v) is 0.859. The molecule has 1 amide bonds. The molecule has 0 bridgehead atoms. The van der Waals surface area contributed by atoms with E-state index in [4.69, 9.17) is 5.73 Å². The van der Waals surface area contributed by atoms with Gasteiger partial charge in [0.15, 0.2) is 5.91 Å². The van der Waals surface area contributed by atoms with Crippen LogP contribution in [0.15, 0.2) is 30.3 Å². The number of nitrogens with one attached hydrogen (secondary N) is 2. The van der Waals surface area contributed by atoms with Crippen LogP contribution in [-0.4, -0.2) is 23.4 Å². The van der Waals surface area contributed by atoms with Crippen LogP contribution in [0.25, 0.3) is 5.73 Å². The summed E-state index contributed by atoms with van der Waals surface area (Å²) in [5.41, 5.74) is 7.82. The molecule has 0 aromatic heterocycles. The summed E-state index contributed by atoms with van der Waals surface area (Å²) in [6.45, 7) is 0.311. The van der Waals surface area contributed by atoms with Gasteiger partial charge in [-0.05, 0) is 5.56 Å². The van der Waals surface area contributed by atoms with Crippen molar-refractivity contribution >= 4 is 5.91 Å². The zero-order valence-electron chi connectivity index (χ0n) is 8.86. The maximum absolute atomic E-state index is 10.7. The van der Waals surface area contributed by atoms with Crippen LogP contribution in [0.5, 0.6) is 0 Å². The maximum atomic E-state index is 10.7. The van der Waals surface area contributed by atoms with Crippen molar-refractivity contribution in [3.63, 3.8) is 0 Å². The molecule has 0 aliphatic rings. The SMILES string of the molecule is O.O.[NH-]CC(=O)NCc1ccccc1.[Y].[Y]. The van der Waals surface area contributed by atoms with Crippen molar-refractivity contribution in [1.29, 1.82) is 0 Å². The van der Waals surface area contributed by atoms with E-state index in [1.54, 1.807) is 0 Å². The van der Waals surface area contributed by atoms with Gasteiger partial charge in [-0.2, -0.15) is 0 Å². The molecule has 6 N–H and O–H groups in total. The van der Waals surface area contributed by atoms with Gasteiger partial charge in [0.05, 0.1) is 0 Å². The third-order valence-corrected chi connectivity index (χ3v) is 1.49. The van der Waals surface area contributed by atoms with Crippen LogP contribution in [0.4, 0.5) is 0 Å². The van der Waals surface area contributed by atoms with Crippen LogP contribution >= 0.6 is 0 Å². The van der Waals surface area contributed by atoms with Crippen LogP contribution in [0.1, 0.15) is 5.56 Å². The Bertz CT molecular complexity index is 260. The average Bonchev–Trinajstić information content (AvgIpc) is 2.16. The molecule has 0 aliphatic carbocycles. The van der Waals surface area contributed by atoms with Crippen LogP contribution < -0.4 is 5.32 Å². The Morgan fingerprint density at radius 1 is 1.12 bits per heavy atom. The Hall–Kier alpha value is 0.778. The summed E-state index contributed by atoms with van der Waals surface area (Å²) in [4.78, 5) is 10.7. The fourth-order valence-electron chi connectivity index (χ4n) is 0.859. The van der Waals surface area contributed by atoms with Gasteiger partial charge in [-0.1, -0.05) is 36.9 Å². The minimum Gasteiger partial charge on any atom is -0.670 e. The number of rotatable bonds is 3. The van der Waals surface area contributed by atoms with Gasteiger partial charge in [0, 0.05) is 72.0 Å². The largest absolute Gasteiger partial charge is 0.670 e. The third kappa shape index (κ3) is 11.3. The fraction of sp³-hybridized carbons (Fsp3) is 0.222. The molecule has 0 aliphatic heterocycles. The van der Waals surface area contributed by atoms with Gasteiger partial charge in [0.1, 0.15) is 0 Å². The zero-order chi connectivity index (χ0) is 8.81. The Labute approximate surface area is 145 Å². The molecule has 0 saturated carbocycles. The van der Waals surface area contributed by atoms with E-state index in [0.717, 1.165) is 5.56 Å². The van der Waals surface area contributed by atoms with E-state index in [-0.39, 0.29) is 88.8 Å². The molecular weight excluding hydrogens is 362 g/mol. The molecule has 0 spiro atoms. The van der Waals surface area contributed by atoms with Crippen molar-refractivity contribution in [1.82, 2.24) is 5.32 Å². The van der Waals surface area contributed by atoms with E-state index in [1.807, 2.05) is 30.3 Å². The van der Waals surface area contributed by atoms with Crippen LogP contribution in [0.2, 0.25) is 0 Å². The summed E-state index contributed by atoms with van der Waals surface area (Å²) in [5.74, 6) is -0.237. The molecule has 0 fully saturated rings. The Balaban J connectivity index is -0.000000180. The molecule has 1 rings (SSSR count). The predicted molar refractivity (Wildman–Crippen MR) is 54.7 cm³/mol. The quantitative estimate of drug-likeness (QED) is 0.766. The molecule has 2 radical (unpaired) electrons. The molecule has 0 heterocycles. The van der Waals surface area contributed by atoms with Crippen molar-refractivity contribution in [2.75, 3.05) is 6.54 Å². The molecule has 5 nitrogen and oxygen atoms in total. The van der Waals surface area contributed by atoms with E-state index in [1.165, 1.54) is 0 Å². The molecular formula is C9H15N2O3Y2-. The molecule has 1 aromatic rings. The van der Waals surface area contributed by atoms with Crippen LogP contribution in [-0.2, 0) is 76.8 Å². The maximum Gasteiger partial charge on any atom is 0.199 e. The van der Waals surface area contributed by atoms with E-state index < -0.39 is 0 Å². The number of hydrogen-bond donors (Lipinski definition) is 1. The first-order valence-electron chi connectivity index (χ1n) is 3.78. The van der Waals surface area contributed by atoms with Crippen molar-refractivity contribution in [2.45, 2.75) is 6.54 Å². The second kappa shape index (κ2) is 15.8. The Morgan fingerprint density at radius 3 is 2.06 bits per heavy atom. The van der Waals surface area contributed by atoms with Gasteiger partial charge in [0.25, 0.3) is 0 Å². The smallest absolute Gasteiger partial charge is 0.199 e. The summed E-state index contributed by atoms with van der Waals surface area (Å²) in [7, 11) is 0. The number of amides is 1. The molecule has 1 aromatic carbocycles. The van der Waals surface area contributed by atoms with Crippen molar-refractivity contribution in [3.05, 3.63) is 41.6 Å². The number of hydrogen-bond acceptors (Lipinski definition) is 1. The predicted octanol–water partition coefficient (Wildman–Crippen LogP) is -0.299. The Kier molecular flexibility index (Phi) is 25.2. The number of benzene rings is 1. The monoisotopic (exact) mass is 377 g/mol. The molecule has 86 valence electrons. The van der Waals surface area contributed by atoms with E-state index >= 15 is 0 Å². The average molecular weight is 377 g/mol. The van der Waals surface area contributed by atoms with Crippen LogP contribution in [0, 0.1) is 0 Å². The summed E-state index contributed by atoms with van der Waals surface area (Å²) in [6.07, 6.45) is 0. The van der Waals surface area contributed by atoms with Gasteiger partial charge >= 0.3 is 0 Å². The van der Waals surface area contributed by atoms with Crippen molar-refractivity contribution < 1.29 is 81.2 Å². The molecule has 0 saturated heterocycles. The van der Waals surface area contributed by atoms with Gasteiger partial charge in [-0.15, -0.1) is 0 Å². The first-order valence-corrected chi connectivity index (χ1v) is 3.78. The standard InChI is InChI=1S/C9H11N2O.2H2O.2Y/c10-6-9(12)11-7-8-4-2-1-3-5-8;;;;/h1-5,10H,6-7H2,(H,11,12);2*1H2;;/q-1;;;;. The van der Waals surface area contributed by atoms with Gasteiger partial charge in [-0.3, -0.25) is 4.79 Å². The molecule has 0 unspecified atom stereocenters.